The Balaban J connectivity index is 0.000000405. The smallest absolute Gasteiger partial charge is 0.475 e. The van der Waals surface area contributed by atoms with E-state index in [9.17, 15) is 18.0 Å². The van der Waals surface area contributed by atoms with Crippen molar-refractivity contribution in [2.75, 3.05) is 36.4 Å². The molecule has 1 saturated heterocycles. The van der Waals surface area contributed by atoms with Crippen molar-refractivity contribution >= 4 is 46.3 Å². The topological polar surface area (TPSA) is 110 Å². The van der Waals surface area contributed by atoms with Crippen LogP contribution < -0.4 is 15.5 Å². The van der Waals surface area contributed by atoms with Crippen LogP contribution in [0.3, 0.4) is 0 Å². The number of aromatic amines is 1. The number of halogens is 3. The molecule has 3 aromatic carbocycles. The maximum atomic E-state index is 12.9. The molecule has 1 aromatic heterocycles. The van der Waals surface area contributed by atoms with Gasteiger partial charge in [0.15, 0.2) is 0 Å². The second-order valence-electron chi connectivity index (χ2n) is 10.6. The molecule has 7 rings (SSSR count). The van der Waals surface area contributed by atoms with Crippen LogP contribution in [0.2, 0.25) is 0 Å². The molecule has 1 aliphatic carbocycles. The first-order valence-corrected chi connectivity index (χ1v) is 13.6. The largest absolute Gasteiger partial charge is 0.490 e. The number of alkyl halides is 3. The molecular formula is C31H28F3N5O3. The number of anilines is 2. The highest BCUT2D eigenvalue weighted by atomic mass is 19.4. The third-order valence-electron chi connectivity index (χ3n) is 8.09. The number of para-hydroxylation sites is 1. The van der Waals surface area contributed by atoms with E-state index < -0.39 is 17.6 Å². The Kier molecular flexibility index (Phi) is 6.97. The number of hydrogen-bond acceptors (Lipinski definition) is 5. The molecule has 2 fully saturated rings. The number of nitrogens with one attached hydrogen (secondary N) is 3. The summed E-state index contributed by atoms with van der Waals surface area (Å²) in [5, 5.41) is 22.4. The Hall–Kier alpha value is -4.64. The van der Waals surface area contributed by atoms with Crippen molar-refractivity contribution in [3.8, 4) is 0 Å². The summed E-state index contributed by atoms with van der Waals surface area (Å²) in [4.78, 5) is 24.2. The Labute approximate surface area is 239 Å². The lowest BCUT2D eigenvalue weighted by atomic mass is 9.92. The maximum Gasteiger partial charge on any atom is 0.490 e. The molecule has 3 heterocycles. The van der Waals surface area contributed by atoms with Gasteiger partial charge < -0.3 is 20.6 Å². The minimum absolute atomic E-state index is 0.125. The first kappa shape index (κ1) is 27.5. The van der Waals surface area contributed by atoms with E-state index in [1.54, 1.807) is 0 Å². The summed E-state index contributed by atoms with van der Waals surface area (Å²) >= 11 is 0. The normalized spacial score (nSPS) is 21.3. The molecule has 11 heteroatoms. The summed E-state index contributed by atoms with van der Waals surface area (Å²) in [6.45, 7) is 4.18. The van der Waals surface area contributed by atoms with Gasteiger partial charge in [-0.3, -0.25) is 9.89 Å². The summed E-state index contributed by atoms with van der Waals surface area (Å²) in [6.07, 6.45) is -0.0511. The summed E-state index contributed by atoms with van der Waals surface area (Å²) in [7, 11) is 0. The van der Waals surface area contributed by atoms with Crippen LogP contribution in [0, 0.1) is 0 Å². The number of rotatable bonds is 4. The number of fused-ring (bicyclic) bond motifs is 3. The number of aromatic nitrogens is 2. The zero-order valence-corrected chi connectivity index (χ0v) is 22.4. The third-order valence-corrected chi connectivity index (χ3v) is 8.09. The van der Waals surface area contributed by atoms with Crippen LogP contribution in [0.25, 0.3) is 23.1 Å². The number of carboxylic acids is 1. The molecule has 3 aliphatic rings. The highest BCUT2D eigenvalue weighted by Gasteiger charge is 2.65. The lowest BCUT2D eigenvalue weighted by Gasteiger charge is -2.29. The molecule has 1 saturated carbocycles. The Morgan fingerprint density at radius 3 is 2.45 bits per heavy atom. The van der Waals surface area contributed by atoms with Gasteiger partial charge in [0.2, 0.25) is 5.91 Å². The van der Waals surface area contributed by atoms with E-state index in [0.29, 0.717) is 0 Å². The standard InChI is InChI=1S/C29H27N5O.C2HF3O2/c35-28-29(23-3-1-2-4-26(23)31-28)18-24(29)20-8-11-22-25(32-33-27(22)17-20)12-7-19-5-9-21(10-6-19)34-15-13-30-14-16-34;3-2(4,5)1(6)7/h1-12,17,24,30H,13-16,18H2,(H,31,35)(H,32,33);(H,6,7)/t24-,29-;/m0./s1. The maximum absolute atomic E-state index is 12.9. The third kappa shape index (κ3) is 5.11. The molecule has 216 valence electrons. The van der Waals surface area contributed by atoms with Crippen LogP contribution in [0.1, 0.15) is 34.7 Å². The SMILES string of the molecule is O=C(O)C(F)(F)F.O=C1Nc2ccccc2[C@]12C[C@H]2c1ccc2c(C=Cc3ccc(N4CCNCC4)cc3)n[nH]c2c1. The monoisotopic (exact) mass is 575 g/mol. The number of amides is 1. The molecule has 0 radical (unpaired) electrons. The van der Waals surface area contributed by atoms with E-state index in [0.717, 1.165) is 66.0 Å². The predicted molar refractivity (Wildman–Crippen MR) is 154 cm³/mol. The highest BCUT2D eigenvalue weighted by molar-refractivity contribution is 6.09. The van der Waals surface area contributed by atoms with Gasteiger partial charge in [-0.15, -0.1) is 0 Å². The Bertz CT molecular complexity index is 1680. The van der Waals surface area contributed by atoms with Crippen LogP contribution in [0.4, 0.5) is 24.5 Å². The first-order valence-electron chi connectivity index (χ1n) is 13.6. The van der Waals surface area contributed by atoms with Crippen molar-refractivity contribution < 1.29 is 27.9 Å². The number of carboxylic acid groups (broad SMARTS) is 1. The fourth-order valence-corrected chi connectivity index (χ4v) is 5.85. The second kappa shape index (κ2) is 10.6. The number of carbonyl (C=O) groups is 2. The van der Waals surface area contributed by atoms with E-state index in [4.69, 9.17) is 9.90 Å². The van der Waals surface area contributed by atoms with E-state index in [1.807, 2.05) is 18.2 Å². The summed E-state index contributed by atoms with van der Waals surface area (Å²) < 4.78 is 31.7. The van der Waals surface area contributed by atoms with Crippen LogP contribution in [0.15, 0.2) is 66.7 Å². The Morgan fingerprint density at radius 1 is 1.02 bits per heavy atom. The van der Waals surface area contributed by atoms with Gasteiger partial charge in [-0.05, 0) is 53.5 Å². The zero-order valence-electron chi connectivity index (χ0n) is 22.4. The van der Waals surface area contributed by atoms with E-state index >= 15 is 0 Å². The van der Waals surface area contributed by atoms with Crippen molar-refractivity contribution in [3.63, 3.8) is 0 Å². The lowest BCUT2D eigenvalue weighted by Crippen LogP contribution is -2.43. The van der Waals surface area contributed by atoms with Crippen molar-refractivity contribution in [2.45, 2.75) is 23.9 Å². The highest BCUT2D eigenvalue weighted by Crippen LogP contribution is 2.65. The number of nitrogens with zero attached hydrogens (tertiary/aromatic N) is 2. The number of benzene rings is 3. The molecule has 42 heavy (non-hydrogen) atoms. The molecule has 2 atom stereocenters. The molecule has 8 nitrogen and oxygen atoms in total. The van der Waals surface area contributed by atoms with Crippen molar-refractivity contribution in [1.82, 2.24) is 15.5 Å². The average molecular weight is 576 g/mol. The van der Waals surface area contributed by atoms with Gasteiger partial charge in [0.1, 0.15) is 0 Å². The molecule has 0 bridgehead atoms. The van der Waals surface area contributed by atoms with Gasteiger partial charge in [-0.25, -0.2) is 4.79 Å². The van der Waals surface area contributed by atoms with E-state index in [2.05, 4.69) is 86.4 Å². The number of piperazine rings is 1. The molecular weight excluding hydrogens is 547 g/mol. The minimum atomic E-state index is -5.08. The predicted octanol–water partition coefficient (Wildman–Crippen LogP) is 5.15. The molecule has 1 amide bonds. The second-order valence-corrected chi connectivity index (χ2v) is 10.6. The van der Waals surface area contributed by atoms with Gasteiger partial charge in [-0.2, -0.15) is 18.3 Å². The Morgan fingerprint density at radius 2 is 1.74 bits per heavy atom. The van der Waals surface area contributed by atoms with Crippen molar-refractivity contribution in [3.05, 3.63) is 89.1 Å². The lowest BCUT2D eigenvalue weighted by molar-refractivity contribution is -0.192. The van der Waals surface area contributed by atoms with Crippen molar-refractivity contribution in [2.24, 2.45) is 0 Å². The minimum Gasteiger partial charge on any atom is -0.475 e. The summed E-state index contributed by atoms with van der Waals surface area (Å²) in [6, 6.07) is 23.2. The number of hydrogen-bond donors (Lipinski definition) is 4. The number of H-pyrrole nitrogens is 1. The van der Waals surface area contributed by atoms with Gasteiger partial charge in [-0.1, -0.05) is 48.5 Å². The first-order chi connectivity index (χ1) is 20.2. The molecule has 4 aromatic rings. The zero-order chi connectivity index (χ0) is 29.5. The summed E-state index contributed by atoms with van der Waals surface area (Å²) in [5.41, 5.74) is 7.22. The van der Waals surface area contributed by atoms with Gasteiger partial charge in [0.05, 0.1) is 16.6 Å². The van der Waals surface area contributed by atoms with Crippen LogP contribution in [-0.2, 0) is 15.0 Å². The van der Waals surface area contributed by atoms with E-state index in [-0.39, 0.29) is 11.8 Å². The quantitative estimate of drug-likeness (QED) is 0.268. The molecule has 1 spiro atoms. The van der Waals surface area contributed by atoms with Crippen LogP contribution in [0.5, 0.6) is 0 Å². The molecule has 2 aliphatic heterocycles. The van der Waals surface area contributed by atoms with Crippen molar-refractivity contribution in [1.29, 1.82) is 0 Å². The number of carbonyl (C=O) groups excluding carboxylic acids is 1. The molecule has 4 N–H and O–H groups in total. The van der Waals surface area contributed by atoms with Crippen LogP contribution >= 0.6 is 0 Å². The average Bonchev–Trinajstić information content (AvgIpc) is 3.52. The van der Waals surface area contributed by atoms with Crippen LogP contribution in [-0.4, -0.2) is 59.5 Å². The fraction of sp³-hybridized carbons (Fsp3) is 0.258. The van der Waals surface area contributed by atoms with Gasteiger partial charge in [0, 0.05) is 48.9 Å². The van der Waals surface area contributed by atoms with E-state index in [1.165, 1.54) is 11.3 Å². The number of aliphatic carboxylic acids is 1. The fourth-order valence-electron chi connectivity index (χ4n) is 5.85. The summed E-state index contributed by atoms with van der Waals surface area (Å²) in [5.74, 6) is -2.43. The molecule has 0 unspecified atom stereocenters. The van der Waals surface area contributed by atoms with Gasteiger partial charge in [0.25, 0.3) is 0 Å². The van der Waals surface area contributed by atoms with Gasteiger partial charge >= 0.3 is 12.1 Å².